The normalized spacial score (nSPS) is 10.4. The molecular weight excluding hydrogens is 288 g/mol. The minimum atomic E-state index is -4.64. The molecule has 0 saturated carbocycles. The molecule has 0 aliphatic rings. The second-order valence-corrected chi connectivity index (χ2v) is 5.83. The molecule has 0 aliphatic carbocycles. The molecule has 4 N–H and O–H groups in total. The van der Waals surface area contributed by atoms with Crippen molar-refractivity contribution in [3.63, 3.8) is 0 Å². The van der Waals surface area contributed by atoms with Gasteiger partial charge in [0.05, 0.1) is 0 Å². The van der Waals surface area contributed by atoms with Gasteiger partial charge in [0.15, 0.2) is 0 Å². The SMILES string of the molecule is CCCCCCCCCCCCNC.O=P(O)(O)O.[H-].[Na+]. The quantitative estimate of drug-likeness (QED) is 0.250. The van der Waals surface area contributed by atoms with E-state index in [1.165, 1.54) is 70.8 Å². The smallest absolute Gasteiger partial charge is 1.00 e. The zero-order chi connectivity index (χ0) is 15.0. The Hall–Kier alpha value is 1.07. The number of rotatable bonds is 11. The average Bonchev–Trinajstić information content (AvgIpc) is 2.29. The van der Waals surface area contributed by atoms with Gasteiger partial charge >= 0.3 is 37.4 Å². The fraction of sp³-hybridized carbons (Fsp3) is 1.00. The standard InChI is InChI=1S/C13H29N.Na.H3O4P.H/c1-3-4-5-6-7-8-9-10-11-12-13-14-2;;1-5(2,3)4;/h14H,3-13H2,1-2H3;;(H3,1,2,3,4);/q;+1;;-1. The van der Waals surface area contributed by atoms with Gasteiger partial charge in [0, 0.05) is 0 Å². The van der Waals surface area contributed by atoms with Crippen LogP contribution < -0.4 is 34.9 Å². The van der Waals surface area contributed by atoms with E-state index < -0.39 is 7.82 Å². The van der Waals surface area contributed by atoms with Crippen LogP contribution in [0.4, 0.5) is 0 Å². The fourth-order valence-electron chi connectivity index (χ4n) is 1.79. The van der Waals surface area contributed by atoms with E-state index in [0.29, 0.717) is 0 Å². The summed E-state index contributed by atoms with van der Waals surface area (Å²) >= 11 is 0. The van der Waals surface area contributed by atoms with Crippen LogP contribution >= 0.6 is 7.82 Å². The van der Waals surface area contributed by atoms with Gasteiger partial charge in [0.2, 0.25) is 0 Å². The van der Waals surface area contributed by atoms with Crippen LogP contribution in [0.3, 0.4) is 0 Å². The van der Waals surface area contributed by atoms with E-state index in [1.807, 2.05) is 7.05 Å². The zero-order valence-electron chi connectivity index (χ0n) is 14.5. The molecule has 0 aromatic heterocycles. The Kier molecular flexibility index (Phi) is 26.1. The van der Waals surface area contributed by atoms with Crippen molar-refractivity contribution < 1.29 is 50.2 Å². The summed E-state index contributed by atoms with van der Waals surface area (Å²) in [6.07, 6.45) is 14.3. The Morgan fingerprint density at radius 1 is 0.850 bits per heavy atom. The zero-order valence-corrected chi connectivity index (χ0v) is 16.4. The molecular formula is C13H33NNaO4P. The molecule has 0 aromatic rings. The number of unbranched alkanes of at least 4 members (excludes halogenated alkanes) is 9. The van der Waals surface area contributed by atoms with Crippen molar-refractivity contribution in [3.8, 4) is 0 Å². The first-order valence-corrected chi connectivity index (χ1v) is 8.91. The Bertz CT molecular complexity index is 200. The van der Waals surface area contributed by atoms with Gasteiger partial charge in [-0.15, -0.1) is 0 Å². The molecule has 0 rings (SSSR count). The molecule has 0 atom stereocenters. The monoisotopic (exact) mass is 321 g/mol. The van der Waals surface area contributed by atoms with Crippen molar-refractivity contribution in [1.29, 1.82) is 0 Å². The van der Waals surface area contributed by atoms with Crippen LogP contribution in [0.1, 0.15) is 72.6 Å². The van der Waals surface area contributed by atoms with Crippen LogP contribution in [0.2, 0.25) is 0 Å². The molecule has 5 nitrogen and oxygen atoms in total. The average molecular weight is 321 g/mol. The second-order valence-electron chi connectivity index (χ2n) is 4.80. The Morgan fingerprint density at radius 3 is 1.45 bits per heavy atom. The summed E-state index contributed by atoms with van der Waals surface area (Å²) in [6, 6.07) is 0. The minimum absolute atomic E-state index is 0. The Balaban J connectivity index is -0.000000179. The van der Waals surface area contributed by atoms with Crippen molar-refractivity contribution in [2.24, 2.45) is 0 Å². The third-order valence-corrected chi connectivity index (χ3v) is 2.78. The van der Waals surface area contributed by atoms with E-state index in [-0.39, 0.29) is 31.0 Å². The molecule has 0 unspecified atom stereocenters. The molecule has 0 amide bonds. The molecule has 0 fully saturated rings. The molecule has 0 radical (unpaired) electrons. The minimum Gasteiger partial charge on any atom is -1.00 e. The largest absolute Gasteiger partial charge is 1.00 e. The van der Waals surface area contributed by atoms with Crippen LogP contribution in [0.15, 0.2) is 0 Å². The van der Waals surface area contributed by atoms with E-state index in [4.69, 9.17) is 19.2 Å². The maximum absolute atomic E-state index is 8.88. The number of phosphoric acid groups is 1. The maximum atomic E-state index is 8.88. The molecule has 120 valence electrons. The first kappa shape index (κ1) is 26.0. The van der Waals surface area contributed by atoms with Gasteiger partial charge < -0.3 is 21.4 Å². The molecule has 0 spiro atoms. The number of hydrogen-bond donors (Lipinski definition) is 4. The van der Waals surface area contributed by atoms with Gasteiger partial charge in [-0.3, -0.25) is 0 Å². The van der Waals surface area contributed by atoms with E-state index in [9.17, 15) is 0 Å². The summed E-state index contributed by atoms with van der Waals surface area (Å²) in [4.78, 5) is 21.6. The molecule has 7 heteroatoms. The number of hydrogen-bond acceptors (Lipinski definition) is 2. The first-order valence-electron chi connectivity index (χ1n) is 7.34. The summed E-state index contributed by atoms with van der Waals surface area (Å²) in [5.41, 5.74) is 0. The molecule has 20 heavy (non-hydrogen) atoms. The van der Waals surface area contributed by atoms with Crippen LogP contribution in [-0.4, -0.2) is 28.3 Å². The van der Waals surface area contributed by atoms with Crippen molar-refractivity contribution in [2.45, 2.75) is 71.1 Å². The van der Waals surface area contributed by atoms with Gasteiger partial charge in [0.25, 0.3) is 0 Å². The van der Waals surface area contributed by atoms with Gasteiger partial charge in [-0.1, -0.05) is 64.7 Å². The van der Waals surface area contributed by atoms with Crippen LogP contribution in [0.25, 0.3) is 0 Å². The third-order valence-electron chi connectivity index (χ3n) is 2.78. The maximum Gasteiger partial charge on any atom is 1.00 e. The predicted octanol–water partition coefficient (Wildman–Crippen LogP) is 0.315. The molecule has 0 heterocycles. The summed E-state index contributed by atoms with van der Waals surface area (Å²) < 4.78 is 8.88. The van der Waals surface area contributed by atoms with Gasteiger partial charge in [0.1, 0.15) is 0 Å². The summed E-state index contributed by atoms with van der Waals surface area (Å²) in [7, 11) is -2.60. The van der Waals surface area contributed by atoms with Gasteiger partial charge in [-0.2, -0.15) is 0 Å². The van der Waals surface area contributed by atoms with E-state index in [1.54, 1.807) is 0 Å². The Labute approximate surface area is 148 Å². The third kappa shape index (κ3) is 42.7. The van der Waals surface area contributed by atoms with Crippen molar-refractivity contribution in [1.82, 2.24) is 5.32 Å². The predicted molar refractivity (Wildman–Crippen MR) is 81.1 cm³/mol. The summed E-state index contributed by atoms with van der Waals surface area (Å²) in [6.45, 7) is 3.47. The number of nitrogens with one attached hydrogen (secondary N) is 1. The molecule has 0 aliphatic heterocycles. The summed E-state index contributed by atoms with van der Waals surface area (Å²) in [5, 5.41) is 3.19. The molecule has 0 bridgehead atoms. The van der Waals surface area contributed by atoms with Crippen LogP contribution in [0.5, 0.6) is 0 Å². The topological polar surface area (TPSA) is 89.8 Å². The van der Waals surface area contributed by atoms with Crippen LogP contribution in [0, 0.1) is 0 Å². The van der Waals surface area contributed by atoms with Crippen molar-refractivity contribution in [3.05, 3.63) is 0 Å². The van der Waals surface area contributed by atoms with Gasteiger partial charge in [-0.25, -0.2) is 4.57 Å². The van der Waals surface area contributed by atoms with E-state index in [0.717, 1.165) is 0 Å². The molecule has 0 aromatic carbocycles. The van der Waals surface area contributed by atoms with Crippen LogP contribution in [-0.2, 0) is 4.57 Å². The molecule has 0 saturated heterocycles. The summed E-state index contributed by atoms with van der Waals surface area (Å²) in [5.74, 6) is 0. The Morgan fingerprint density at radius 2 is 1.15 bits per heavy atom. The van der Waals surface area contributed by atoms with Crippen molar-refractivity contribution >= 4 is 7.82 Å². The van der Waals surface area contributed by atoms with E-state index >= 15 is 0 Å². The van der Waals surface area contributed by atoms with Crippen molar-refractivity contribution in [2.75, 3.05) is 13.6 Å². The van der Waals surface area contributed by atoms with Gasteiger partial charge in [-0.05, 0) is 20.0 Å². The fourth-order valence-corrected chi connectivity index (χ4v) is 1.79. The second kappa shape index (κ2) is 20.1. The first-order chi connectivity index (χ1) is 8.91. The van der Waals surface area contributed by atoms with E-state index in [2.05, 4.69) is 12.2 Å².